The normalized spacial score (nSPS) is 19.8. The molecule has 26 heavy (non-hydrogen) atoms. The quantitative estimate of drug-likeness (QED) is 0.892. The predicted molar refractivity (Wildman–Crippen MR) is 96.8 cm³/mol. The first kappa shape index (κ1) is 17.9. The topological polar surface area (TPSA) is 81.9 Å². The first-order chi connectivity index (χ1) is 12.5. The summed E-state index contributed by atoms with van der Waals surface area (Å²) in [4.78, 5) is 25.8. The van der Waals surface area contributed by atoms with Gasteiger partial charge in [0.25, 0.3) is 11.8 Å². The number of nitrogens with two attached hydrogens (primary N) is 1. The SMILES string of the molecule is C[C@@H]1CN(C(=O)c2ccccc2OCC(N)=O)C[C@H](c2ccccc2)O1. The van der Waals surface area contributed by atoms with Crippen molar-refractivity contribution in [2.75, 3.05) is 19.7 Å². The third-order valence-corrected chi connectivity index (χ3v) is 4.21. The highest BCUT2D eigenvalue weighted by molar-refractivity contribution is 5.97. The van der Waals surface area contributed by atoms with Crippen LogP contribution in [0.3, 0.4) is 0 Å². The van der Waals surface area contributed by atoms with Gasteiger partial charge in [0, 0.05) is 6.54 Å². The highest BCUT2D eigenvalue weighted by atomic mass is 16.5. The average molecular weight is 354 g/mol. The Morgan fingerprint density at radius 2 is 1.81 bits per heavy atom. The van der Waals surface area contributed by atoms with Gasteiger partial charge < -0.3 is 20.1 Å². The second-order valence-electron chi connectivity index (χ2n) is 6.31. The van der Waals surface area contributed by atoms with E-state index in [0.717, 1.165) is 5.56 Å². The standard InChI is InChI=1S/C20H22N2O4/c1-14-11-22(12-18(26-14)15-7-3-2-4-8-15)20(24)16-9-5-6-10-17(16)25-13-19(21)23/h2-10,14,18H,11-13H2,1H3,(H2,21,23)/t14-,18-/m1/s1. The van der Waals surface area contributed by atoms with Crippen LogP contribution in [0.2, 0.25) is 0 Å². The highest BCUT2D eigenvalue weighted by Gasteiger charge is 2.31. The summed E-state index contributed by atoms with van der Waals surface area (Å²) in [6, 6.07) is 16.7. The van der Waals surface area contributed by atoms with E-state index in [2.05, 4.69) is 0 Å². The minimum absolute atomic E-state index is 0.0865. The molecule has 1 aliphatic rings. The Morgan fingerprint density at radius 1 is 1.12 bits per heavy atom. The fourth-order valence-corrected chi connectivity index (χ4v) is 3.06. The number of hydrogen-bond donors (Lipinski definition) is 1. The number of amides is 2. The molecule has 0 aliphatic carbocycles. The maximum atomic E-state index is 13.1. The van der Waals surface area contributed by atoms with Crippen LogP contribution in [0.4, 0.5) is 0 Å². The van der Waals surface area contributed by atoms with Crippen molar-refractivity contribution in [1.82, 2.24) is 4.90 Å². The summed E-state index contributed by atoms with van der Waals surface area (Å²) in [7, 11) is 0. The summed E-state index contributed by atoms with van der Waals surface area (Å²) in [6.45, 7) is 2.63. The largest absolute Gasteiger partial charge is 0.483 e. The highest BCUT2D eigenvalue weighted by Crippen LogP contribution is 2.28. The Hall–Kier alpha value is -2.86. The minimum Gasteiger partial charge on any atom is -0.483 e. The third kappa shape index (κ3) is 4.21. The number of carbonyl (C=O) groups excluding carboxylic acids is 2. The molecule has 1 heterocycles. The van der Waals surface area contributed by atoms with Gasteiger partial charge in [-0.3, -0.25) is 9.59 Å². The van der Waals surface area contributed by atoms with Crippen LogP contribution in [-0.2, 0) is 9.53 Å². The molecule has 2 aromatic rings. The van der Waals surface area contributed by atoms with Gasteiger partial charge >= 0.3 is 0 Å². The summed E-state index contributed by atoms with van der Waals surface area (Å²) in [6.07, 6.45) is -0.265. The van der Waals surface area contributed by atoms with Gasteiger partial charge in [0.2, 0.25) is 0 Å². The molecule has 2 amide bonds. The van der Waals surface area contributed by atoms with Crippen molar-refractivity contribution in [3.05, 3.63) is 65.7 Å². The van der Waals surface area contributed by atoms with Gasteiger partial charge in [-0.25, -0.2) is 0 Å². The van der Waals surface area contributed by atoms with Crippen LogP contribution in [-0.4, -0.2) is 42.5 Å². The van der Waals surface area contributed by atoms with E-state index >= 15 is 0 Å². The van der Waals surface area contributed by atoms with Crippen LogP contribution in [0.15, 0.2) is 54.6 Å². The van der Waals surface area contributed by atoms with Crippen molar-refractivity contribution in [3.8, 4) is 5.75 Å². The number of morpholine rings is 1. The summed E-state index contributed by atoms with van der Waals surface area (Å²) >= 11 is 0. The van der Waals surface area contributed by atoms with Crippen LogP contribution >= 0.6 is 0 Å². The lowest BCUT2D eigenvalue weighted by molar-refractivity contribution is -0.119. The molecular weight excluding hydrogens is 332 g/mol. The number of carbonyl (C=O) groups is 2. The molecule has 2 atom stereocenters. The minimum atomic E-state index is -0.587. The summed E-state index contributed by atoms with van der Waals surface area (Å²) in [5.41, 5.74) is 6.58. The Kier molecular flexibility index (Phi) is 5.53. The van der Waals surface area contributed by atoms with Gasteiger partial charge in [-0.05, 0) is 24.6 Å². The van der Waals surface area contributed by atoms with Crippen molar-refractivity contribution in [2.45, 2.75) is 19.1 Å². The lowest BCUT2D eigenvalue weighted by atomic mass is 10.1. The fourth-order valence-electron chi connectivity index (χ4n) is 3.06. The number of rotatable bonds is 5. The Labute approximate surface area is 152 Å². The molecular formula is C20H22N2O4. The molecule has 136 valence electrons. The zero-order valence-corrected chi connectivity index (χ0v) is 14.6. The molecule has 0 bridgehead atoms. The molecule has 0 radical (unpaired) electrons. The maximum Gasteiger partial charge on any atom is 0.257 e. The van der Waals surface area contributed by atoms with E-state index in [4.69, 9.17) is 15.2 Å². The summed E-state index contributed by atoms with van der Waals surface area (Å²) < 4.78 is 11.4. The second kappa shape index (κ2) is 8.01. The van der Waals surface area contributed by atoms with Gasteiger partial charge in [0.15, 0.2) is 6.61 Å². The molecule has 3 rings (SSSR count). The van der Waals surface area contributed by atoms with Crippen LogP contribution in [0.1, 0.15) is 28.9 Å². The summed E-state index contributed by atoms with van der Waals surface area (Å²) in [5, 5.41) is 0. The molecule has 6 nitrogen and oxygen atoms in total. The molecule has 2 N–H and O–H groups in total. The molecule has 0 unspecified atom stereocenters. The number of para-hydroxylation sites is 1. The molecule has 0 spiro atoms. The Bertz CT molecular complexity index is 778. The molecule has 1 saturated heterocycles. The van der Waals surface area contributed by atoms with Gasteiger partial charge in [-0.1, -0.05) is 42.5 Å². The maximum absolute atomic E-state index is 13.1. The third-order valence-electron chi connectivity index (χ3n) is 4.21. The van der Waals surface area contributed by atoms with Crippen molar-refractivity contribution in [1.29, 1.82) is 0 Å². The Morgan fingerprint density at radius 3 is 2.54 bits per heavy atom. The van der Waals surface area contributed by atoms with Crippen molar-refractivity contribution in [2.24, 2.45) is 5.73 Å². The lowest BCUT2D eigenvalue weighted by Gasteiger charge is -2.37. The first-order valence-electron chi connectivity index (χ1n) is 8.54. The predicted octanol–water partition coefficient (Wildman–Crippen LogP) is 2.15. The number of nitrogens with zero attached hydrogens (tertiary/aromatic N) is 1. The lowest BCUT2D eigenvalue weighted by Crippen LogP contribution is -2.46. The van der Waals surface area contributed by atoms with Crippen LogP contribution in [0, 0.1) is 0 Å². The zero-order chi connectivity index (χ0) is 18.5. The fraction of sp³-hybridized carbons (Fsp3) is 0.300. The smallest absolute Gasteiger partial charge is 0.257 e. The van der Waals surface area contributed by atoms with E-state index in [1.165, 1.54) is 0 Å². The van der Waals surface area contributed by atoms with Gasteiger partial charge in [-0.2, -0.15) is 0 Å². The summed E-state index contributed by atoms with van der Waals surface area (Å²) in [5.74, 6) is -0.385. The zero-order valence-electron chi connectivity index (χ0n) is 14.6. The van der Waals surface area contributed by atoms with E-state index in [-0.39, 0.29) is 24.7 Å². The number of hydrogen-bond acceptors (Lipinski definition) is 4. The van der Waals surface area contributed by atoms with E-state index in [9.17, 15) is 9.59 Å². The van der Waals surface area contributed by atoms with E-state index in [0.29, 0.717) is 24.4 Å². The van der Waals surface area contributed by atoms with E-state index in [1.54, 1.807) is 29.2 Å². The second-order valence-corrected chi connectivity index (χ2v) is 6.31. The number of primary amides is 1. The molecule has 1 fully saturated rings. The van der Waals surface area contributed by atoms with E-state index in [1.807, 2.05) is 37.3 Å². The first-order valence-corrected chi connectivity index (χ1v) is 8.54. The molecule has 6 heteroatoms. The van der Waals surface area contributed by atoms with E-state index < -0.39 is 5.91 Å². The number of ether oxygens (including phenoxy) is 2. The van der Waals surface area contributed by atoms with Crippen molar-refractivity contribution in [3.63, 3.8) is 0 Å². The van der Waals surface area contributed by atoms with Crippen LogP contribution < -0.4 is 10.5 Å². The van der Waals surface area contributed by atoms with Crippen molar-refractivity contribution >= 4 is 11.8 Å². The van der Waals surface area contributed by atoms with Crippen LogP contribution in [0.25, 0.3) is 0 Å². The van der Waals surface area contributed by atoms with Crippen LogP contribution in [0.5, 0.6) is 5.75 Å². The average Bonchev–Trinajstić information content (AvgIpc) is 2.66. The molecule has 2 aromatic carbocycles. The monoisotopic (exact) mass is 354 g/mol. The van der Waals surface area contributed by atoms with Crippen molar-refractivity contribution < 1.29 is 19.1 Å². The number of benzene rings is 2. The molecule has 0 aromatic heterocycles. The Balaban J connectivity index is 1.80. The van der Waals surface area contributed by atoms with Gasteiger partial charge in [0.1, 0.15) is 11.9 Å². The molecule has 1 aliphatic heterocycles. The molecule has 0 saturated carbocycles. The van der Waals surface area contributed by atoms with Gasteiger partial charge in [-0.15, -0.1) is 0 Å². The van der Waals surface area contributed by atoms with Gasteiger partial charge in [0.05, 0.1) is 18.2 Å².